The monoisotopic (exact) mass is 440 g/mol. The van der Waals surface area contributed by atoms with Crippen molar-refractivity contribution in [2.75, 3.05) is 36.9 Å². The van der Waals surface area contributed by atoms with Gasteiger partial charge in [0.15, 0.2) is 0 Å². The van der Waals surface area contributed by atoms with Gasteiger partial charge in [0.25, 0.3) is 0 Å². The van der Waals surface area contributed by atoms with E-state index in [9.17, 15) is 0 Å². The standard InChI is InChI=1S/C21H36N4S3/c1-13(2)16-10-26-19(22-16)7-25(8-20-23-17(11-27-20)14(3)4)9-21-24-18(12-28-21)15(5)6/h13-18H,7-12H2,1-6H3/t16-,17-,18-/m1/s1. The summed E-state index contributed by atoms with van der Waals surface area (Å²) < 4.78 is 0. The maximum absolute atomic E-state index is 5.01. The summed E-state index contributed by atoms with van der Waals surface area (Å²) in [7, 11) is 0. The zero-order valence-electron chi connectivity index (χ0n) is 18.2. The fraction of sp³-hybridized carbons (Fsp3) is 0.857. The van der Waals surface area contributed by atoms with Crippen LogP contribution in [0.2, 0.25) is 0 Å². The molecule has 3 aliphatic heterocycles. The van der Waals surface area contributed by atoms with Crippen molar-refractivity contribution in [2.24, 2.45) is 32.7 Å². The SMILES string of the molecule is CC(C)[C@H]1CSC(CN(CC2=N[C@@H](C(C)C)CS2)CC2=N[C@@H](C(C)C)CS2)=N1. The van der Waals surface area contributed by atoms with E-state index < -0.39 is 0 Å². The molecular formula is C21H36N4S3. The molecule has 0 aromatic carbocycles. The summed E-state index contributed by atoms with van der Waals surface area (Å²) in [6.45, 7) is 16.5. The first kappa shape index (κ1) is 22.7. The van der Waals surface area contributed by atoms with Crippen LogP contribution in [0.5, 0.6) is 0 Å². The van der Waals surface area contributed by atoms with E-state index in [0.717, 1.165) is 36.9 Å². The second-order valence-corrected chi connectivity index (χ2v) is 12.4. The van der Waals surface area contributed by atoms with E-state index in [4.69, 9.17) is 15.0 Å². The van der Waals surface area contributed by atoms with Crippen LogP contribution in [0.3, 0.4) is 0 Å². The van der Waals surface area contributed by atoms with Crippen LogP contribution in [0.25, 0.3) is 0 Å². The first-order valence-corrected chi connectivity index (χ1v) is 13.6. The van der Waals surface area contributed by atoms with Crippen LogP contribution in [0.4, 0.5) is 0 Å². The highest BCUT2D eigenvalue weighted by Crippen LogP contribution is 2.28. The summed E-state index contributed by atoms with van der Waals surface area (Å²) in [5, 5.41) is 3.89. The van der Waals surface area contributed by atoms with Crippen molar-refractivity contribution in [1.82, 2.24) is 4.90 Å². The van der Waals surface area contributed by atoms with Gasteiger partial charge in [-0.1, -0.05) is 41.5 Å². The van der Waals surface area contributed by atoms with Gasteiger partial charge < -0.3 is 0 Å². The molecule has 0 aromatic heterocycles. The summed E-state index contributed by atoms with van der Waals surface area (Å²) in [5.74, 6) is 5.29. The van der Waals surface area contributed by atoms with Crippen LogP contribution in [-0.4, -0.2) is 75.0 Å². The lowest BCUT2D eigenvalue weighted by atomic mass is 10.1. The average molecular weight is 441 g/mol. The second-order valence-electron chi connectivity index (χ2n) is 9.08. The largest absolute Gasteiger partial charge is 0.284 e. The molecule has 3 atom stereocenters. The third kappa shape index (κ3) is 6.26. The van der Waals surface area contributed by atoms with Gasteiger partial charge in [-0.25, -0.2) is 0 Å². The molecule has 28 heavy (non-hydrogen) atoms. The maximum atomic E-state index is 5.01. The molecule has 0 unspecified atom stereocenters. The van der Waals surface area contributed by atoms with E-state index in [1.165, 1.54) is 15.1 Å². The van der Waals surface area contributed by atoms with E-state index in [0.29, 0.717) is 35.9 Å². The van der Waals surface area contributed by atoms with Gasteiger partial charge in [-0.3, -0.25) is 19.9 Å². The number of hydrogen-bond acceptors (Lipinski definition) is 7. The van der Waals surface area contributed by atoms with Crippen molar-refractivity contribution in [3.8, 4) is 0 Å². The number of aliphatic imine (C=N–C) groups is 3. The Balaban J connectivity index is 1.67. The van der Waals surface area contributed by atoms with E-state index >= 15 is 0 Å². The maximum Gasteiger partial charge on any atom is 0.0821 e. The van der Waals surface area contributed by atoms with Gasteiger partial charge in [0.05, 0.1) is 33.3 Å². The third-order valence-electron chi connectivity index (χ3n) is 5.58. The summed E-state index contributed by atoms with van der Waals surface area (Å²) in [6, 6.07) is 1.44. The molecule has 3 aliphatic rings. The van der Waals surface area contributed by atoms with E-state index in [-0.39, 0.29) is 0 Å². The molecule has 0 aliphatic carbocycles. The number of thioether (sulfide) groups is 3. The van der Waals surface area contributed by atoms with Crippen molar-refractivity contribution < 1.29 is 0 Å². The predicted octanol–water partition coefficient (Wildman–Crippen LogP) is 4.80. The van der Waals surface area contributed by atoms with Gasteiger partial charge in [0, 0.05) is 36.9 Å². The molecule has 0 saturated carbocycles. The first-order valence-electron chi connectivity index (χ1n) is 10.6. The lowest BCUT2D eigenvalue weighted by Gasteiger charge is -2.21. The molecule has 3 heterocycles. The molecule has 3 rings (SSSR count). The molecule has 0 aromatic rings. The molecule has 0 saturated heterocycles. The highest BCUT2D eigenvalue weighted by atomic mass is 32.2. The van der Waals surface area contributed by atoms with Crippen molar-refractivity contribution in [3.05, 3.63) is 0 Å². The van der Waals surface area contributed by atoms with Crippen molar-refractivity contribution in [1.29, 1.82) is 0 Å². The van der Waals surface area contributed by atoms with Crippen LogP contribution in [0, 0.1) is 17.8 Å². The van der Waals surface area contributed by atoms with Gasteiger partial charge in [-0.2, -0.15) is 0 Å². The first-order chi connectivity index (χ1) is 13.3. The Labute approximate surface area is 184 Å². The number of rotatable bonds is 9. The van der Waals surface area contributed by atoms with Gasteiger partial charge >= 0.3 is 0 Å². The summed E-state index contributed by atoms with van der Waals surface area (Å²) in [4.78, 5) is 17.5. The number of hydrogen-bond donors (Lipinski definition) is 0. The van der Waals surface area contributed by atoms with Crippen LogP contribution in [0.1, 0.15) is 41.5 Å². The van der Waals surface area contributed by atoms with Gasteiger partial charge in [0.1, 0.15) is 0 Å². The number of nitrogens with zero attached hydrogens (tertiary/aromatic N) is 4. The zero-order valence-corrected chi connectivity index (χ0v) is 20.7. The fourth-order valence-corrected chi connectivity index (χ4v) is 7.27. The molecule has 0 spiro atoms. The highest BCUT2D eigenvalue weighted by molar-refractivity contribution is 8.15. The summed E-state index contributed by atoms with van der Waals surface area (Å²) in [6.07, 6.45) is 0. The Morgan fingerprint density at radius 2 is 0.929 bits per heavy atom. The molecule has 0 radical (unpaired) electrons. The minimum absolute atomic E-state index is 0.480. The predicted molar refractivity (Wildman–Crippen MR) is 132 cm³/mol. The summed E-state index contributed by atoms with van der Waals surface area (Å²) in [5.41, 5.74) is 0. The summed E-state index contributed by atoms with van der Waals surface area (Å²) >= 11 is 5.85. The molecule has 0 N–H and O–H groups in total. The van der Waals surface area contributed by atoms with Crippen molar-refractivity contribution >= 4 is 50.4 Å². The average Bonchev–Trinajstić information content (AvgIpc) is 3.35. The van der Waals surface area contributed by atoms with Gasteiger partial charge in [-0.05, 0) is 17.8 Å². The van der Waals surface area contributed by atoms with E-state index in [2.05, 4.69) is 46.4 Å². The Hall–Kier alpha value is 0.0200. The Morgan fingerprint density at radius 1 is 0.643 bits per heavy atom. The molecule has 7 heteroatoms. The van der Waals surface area contributed by atoms with Gasteiger partial charge in [-0.15, -0.1) is 35.3 Å². The fourth-order valence-electron chi connectivity index (χ4n) is 3.35. The third-order valence-corrected chi connectivity index (χ3v) is 8.80. The quantitative estimate of drug-likeness (QED) is 0.516. The van der Waals surface area contributed by atoms with E-state index in [1.54, 1.807) is 0 Å². The second kappa shape index (κ2) is 10.4. The highest BCUT2D eigenvalue weighted by Gasteiger charge is 2.28. The molecule has 158 valence electrons. The van der Waals surface area contributed by atoms with Crippen LogP contribution >= 0.6 is 35.3 Å². The molecule has 0 amide bonds. The Morgan fingerprint density at radius 3 is 1.14 bits per heavy atom. The Bertz CT molecular complexity index is 542. The van der Waals surface area contributed by atoms with Crippen LogP contribution in [-0.2, 0) is 0 Å². The van der Waals surface area contributed by atoms with Crippen molar-refractivity contribution in [2.45, 2.75) is 59.7 Å². The lowest BCUT2D eigenvalue weighted by Crippen LogP contribution is -2.35. The zero-order chi connectivity index (χ0) is 20.3. The van der Waals surface area contributed by atoms with Gasteiger partial charge in [0.2, 0.25) is 0 Å². The Kier molecular flexibility index (Phi) is 8.40. The molecule has 0 fully saturated rings. The lowest BCUT2D eigenvalue weighted by molar-refractivity contribution is 0.409. The minimum atomic E-state index is 0.480. The minimum Gasteiger partial charge on any atom is -0.284 e. The topological polar surface area (TPSA) is 40.3 Å². The smallest absolute Gasteiger partial charge is 0.0821 e. The van der Waals surface area contributed by atoms with Crippen molar-refractivity contribution in [3.63, 3.8) is 0 Å². The van der Waals surface area contributed by atoms with Crippen LogP contribution < -0.4 is 0 Å². The normalized spacial score (nSPS) is 28.1. The molecular weight excluding hydrogens is 404 g/mol. The molecule has 0 bridgehead atoms. The van der Waals surface area contributed by atoms with E-state index in [1.807, 2.05) is 35.3 Å². The molecule has 4 nitrogen and oxygen atoms in total. The van der Waals surface area contributed by atoms with Crippen LogP contribution in [0.15, 0.2) is 15.0 Å².